The fourth-order valence-electron chi connectivity index (χ4n) is 2.37. The van der Waals surface area contributed by atoms with Crippen molar-refractivity contribution in [3.05, 3.63) is 35.4 Å². The molecular weight excluding hydrogens is 424 g/mol. The van der Waals surface area contributed by atoms with Crippen LogP contribution in [0.15, 0.2) is 24.3 Å². The standard InChI is InChI=1S/C22H30O10/c1-5-16(23)11-31-19(26)14-6-8-15(9-7-14)20(27)32-13-17(24)12-30-18(25)10-22(2,3)21(28)29-4/h6-9,16-17,23-24H,5,10-13H2,1-4H3. The topological polar surface area (TPSA) is 146 Å². The Morgan fingerprint density at radius 2 is 1.28 bits per heavy atom. The summed E-state index contributed by atoms with van der Waals surface area (Å²) in [6.07, 6.45) is -1.78. The molecule has 0 fully saturated rings. The molecule has 32 heavy (non-hydrogen) atoms. The van der Waals surface area contributed by atoms with E-state index in [0.29, 0.717) is 6.42 Å². The highest BCUT2D eigenvalue weighted by Crippen LogP contribution is 2.22. The number of rotatable bonds is 12. The first-order valence-corrected chi connectivity index (χ1v) is 10.0. The maximum Gasteiger partial charge on any atom is 0.338 e. The third-order valence-electron chi connectivity index (χ3n) is 4.40. The monoisotopic (exact) mass is 454 g/mol. The number of methoxy groups -OCH3 is 1. The predicted octanol–water partition coefficient (Wildman–Crippen LogP) is 1.26. The molecular formula is C22H30O10. The van der Waals surface area contributed by atoms with Crippen molar-refractivity contribution in [2.75, 3.05) is 26.9 Å². The minimum absolute atomic E-state index is 0.123. The van der Waals surface area contributed by atoms with Crippen molar-refractivity contribution in [2.24, 2.45) is 5.41 Å². The quantitative estimate of drug-likeness (QED) is 0.350. The molecule has 10 heteroatoms. The maximum absolute atomic E-state index is 12.1. The third kappa shape index (κ3) is 9.03. The fourth-order valence-corrected chi connectivity index (χ4v) is 2.37. The second kappa shape index (κ2) is 12.8. The fraction of sp³-hybridized carbons (Fsp3) is 0.545. The normalized spacial score (nSPS) is 12.9. The lowest BCUT2D eigenvalue weighted by molar-refractivity contribution is -0.160. The molecule has 0 heterocycles. The molecule has 0 aliphatic carbocycles. The Kier molecular flexibility index (Phi) is 10.8. The number of aliphatic hydroxyl groups excluding tert-OH is 2. The molecule has 0 aromatic heterocycles. The Morgan fingerprint density at radius 3 is 1.72 bits per heavy atom. The number of ether oxygens (including phenoxy) is 4. The second-order valence-corrected chi connectivity index (χ2v) is 7.73. The summed E-state index contributed by atoms with van der Waals surface area (Å²) in [7, 11) is 1.21. The van der Waals surface area contributed by atoms with Gasteiger partial charge in [-0.1, -0.05) is 6.92 Å². The van der Waals surface area contributed by atoms with Crippen molar-refractivity contribution in [1.82, 2.24) is 0 Å². The van der Waals surface area contributed by atoms with E-state index < -0.39 is 54.7 Å². The molecule has 1 aromatic carbocycles. The Labute approximate surface area is 186 Å². The molecule has 0 spiro atoms. The minimum Gasteiger partial charge on any atom is -0.469 e. The van der Waals surface area contributed by atoms with Gasteiger partial charge in [0.05, 0.1) is 36.2 Å². The van der Waals surface area contributed by atoms with E-state index in [1.54, 1.807) is 6.92 Å². The second-order valence-electron chi connectivity index (χ2n) is 7.73. The van der Waals surface area contributed by atoms with E-state index >= 15 is 0 Å². The van der Waals surface area contributed by atoms with Crippen LogP contribution >= 0.6 is 0 Å². The number of aliphatic hydroxyl groups is 2. The van der Waals surface area contributed by atoms with Crippen LogP contribution in [0.25, 0.3) is 0 Å². The number of benzene rings is 1. The molecule has 0 bridgehead atoms. The smallest absolute Gasteiger partial charge is 0.338 e. The van der Waals surface area contributed by atoms with Crippen LogP contribution in [-0.2, 0) is 28.5 Å². The van der Waals surface area contributed by atoms with Gasteiger partial charge in [-0.2, -0.15) is 0 Å². The molecule has 1 aromatic rings. The summed E-state index contributed by atoms with van der Waals surface area (Å²) in [5.41, 5.74) is -0.733. The molecule has 2 unspecified atom stereocenters. The molecule has 0 saturated carbocycles. The first-order valence-electron chi connectivity index (χ1n) is 10.0. The summed E-state index contributed by atoms with van der Waals surface area (Å²) >= 11 is 0. The van der Waals surface area contributed by atoms with Gasteiger partial charge in [0.2, 0.25) is 0 Å². The third-order valence-corrected chi connectivity index (χ3v) is 4.40. The van der Waals surface area contributed by atoms with Crippen molar-refractivity contribution in [3.8, 4) is 0 Å². The van der Waals surface area contributed by atoms with Gasteiger partial charge in [0.1, 0.15) is 25.9 Å². The van der Waals surface area contributed by atoms with Crippen molar-refractivity contribution < 1.29 is 48.3 Å². The molecule has 0 aliphatic heterocycles. The van der Waals surface area contributed by atoms with Gasteiger partial charge in [0.15, 0.2) is 0 Å². The summed E-state index contributed by atoms with van der Waals surface area (Å²) < 4.78 is 19.4. The molecule has 0 radical (unpaired) electrons. The molecule has 1 rings (SSSR count). The van der Waals surface area contributed by atoms with Crippen LogP contribution in [0.3, 0.4) is 0 Å². The Bertz CT molecular complexity index is 784. The summed E-state index contributed by atoms with van der Waals surface area (Å²) in [4.78, 5) is 47.4. The Morgan fingerprint density at radius 1 is 0.844 bits per heavy atom. The van der Waals surface area contributed by atoms with Gasteiger partial charge in [-0.05, 0) is 44.5 Å². The lowest BCUT2D eigenvalue weighted by Crippen LogP contribution is -2.31. The van der Waals surface area contributed by atoms with Gasteiger partial charge >= 0.3 is 23.9 Å². The van der Waals surface area contributed by atoms with Crippen molar-refractivity contribution in [3.63, 3.8) is 0 Å². The average molecular weight is 454 g/mol. The van der Waals surface area contributed by atoms with Crippen molar-refractivity contribution in [2.45, 2.75) is 45.8 Å². The van der Waals surface area contributed by atoms with Gasteiger partial charge in [0.25, 0.3) is 0 Å². The van der Waals surface area contributed by atoms with E-state index in [0.717, 1.165) is 0 Å². The molecule has 0 aliphatic rings. The first kappa shape index (κ1) is 27.1. The van der Waals surface area contributed by atoms with Crippen LogP contribution in [0.4, 0.5) is 0 Å². The number of carbonyl (C=O) groups excluding carboxylic acids is 4. The molecule has 10 nitrogen and oxygen atoms in total. The lowest BCUT2D eigenvalue weighted by atomic mass is 9.90. The van der Waals surface area contributed by atoms with E-state index in [1.165, 1.54) is 45.2 Å². The summed E-state index contributed by atoms with van der Waals surface area (Å²) in [6.45, 7) is 3.84. The zero-order valence-corrected chi connectivity index (χ0v) is 18.7. The van der Waals surface area contributed by atoms with Gasteiger partial charge in [-0.25, -0.2) is 9.59 Å². The highest BCUT2D eigenvalue weighted by Gasteiger charge is 2.32. The average Bonchev–Trinajstić information content (AvgIpc) is 2.78. The van der Waals surface area contributed by atoms with E-state index in [9.17, 15) is 29.4 Å². The van der Waals surface area contributed by atoms with Gasteiger partial charge in [-0.15, -0.1) is 0 Å². The maximum atomic E-state index is 12.1. The van der Waals surface area contributed by atoms with E-state index in [4.69, 9.17) is 14.2 Å². The highest BCUT2D eigenvalue weighted by molar-refractivity contribution is 5.93. The van der Waals surface area contributed by atoms with Crippen molar-refractivity contribution in [1.29, 1.82) is 0 Å². The van der Waals surface area contributed by atoms with Crippen molar-refractivity contribution >= 4 is 23.9 Å². The van der Waals surface area contributed by atoms with Crippen LogP contribution in [0, 0.1) is 5.41 Å². The molecule has 0 saturated heterocycles. The van der Waals surface area contributed by atoms with Crippen LogP contribution in [0.1, 0.15) is 54.3 Å². The Balaban J connectivity index is 2.44. The minimum atomic E-state index is -1.26. The van der Waals surface area contributed by atoms with Gasteiger partial charge in [0, 0.05) is 0 Å². The molecule has 178 valence electrons. The van der Waals surface area contributed by atoms with Crippen LogP contribution in [-0.4, -0.2) is 73.2 Å². The Hall–Kier alpha value is -2.98. The molecule has 2 N–H and O–H groups in total. The van der Waals surface area contributed by atoms with Gasteiger partial charge < -0.3 is 29.2 Å². The largest absolute Gasteiger partial charge is 0.469 e. The molecule has 2 atom stereocenters. The summed E-state index contributed by atoms with van der Waals surface area (Å²) in [6, 6.07) is 5.46. The summed E-state index contributed by atoms with van der Waals surface area (Å²) in [5, 5.41) is 19.3. The number of hydrogen-bond donors (Lipinski definition) is 2. The van der Waals surface area contributed by atoms with E-state index in [2.05, 4.69) is 4.74 Å². The van der Waals surface area contributed by atoms with Crippen LogP contribution < -0.4 is 0 Å². The van der Waals surface area contributed by atoms with Crippen LogP contribution in [0.2, 0.25) is 0 Å². The van der Waals surface area contributed by atoms with Gasteiger partial charge in [-0.3, -0.25) is 9.59 Å². The zero-order chi connectivity index (χ0) is 24.3. The number of esters is 4. The summed E-state index contributed by atoms with van der Waals surface area (Å²) in [5.74, 6) is -2.66. The zero-order valence-electron chi connectivity index (χ0n) is 18.7. The molecule has 0 amide bonds. The van der Waals surface area contributed by atoms with E-state index in [1.807, 2.05) is 0 Å². The number of carbonyl (C=O) groups is 4. The van der Waals surface area contributed by atoms with E-state index in [-0.39, 0.29) is 24.2 Å². The lowest BCUT2D eigenvalue weighted by Gasteiger charge is -2.20. The SMILES string of the molecule is CCC(O)COC(=O)c1ccc(C(=O)OCC(O)COC(=O)CC(C)(C)C(=O)OC)cc1. The first-order chi connectivity index (χ1) is 15.0. The predicted molar refractivity (Wildman–Crippen MR) is 111 cm³/mol. The number of hydrogen-bond acceptors (Lipinski definition) is 10. The highest BCUT2D eigenvalue weighted by atomic mass is 16.6. The van der Waals surface area contributed by atoms with Crippen LogP contribution in [0.5, 0.6) is 0 Å².